The molecule has 1 spiro atoms. The number of halogens is 3. The number of aliphatic hydroxyl groups excluding tert-OH is 1. The number of rotatable bonds is 7. The normalized spacial score (nSPS) is 21.2. The second-order valence-electron chi connectivity index (χ2n) is 12.4. The van der Waals surface area contributed by atoms with Gasteiger partial charge in [0.15, 0.2) is 11.5 Å². The number of aliphatic hydroxyl groups is 1. The molecular weight excluding hydrogens is 569 g/mol. The molecule has 8 nitrogen and oxygen atoms in total. The minimum absolute atomic E-state index is 0.00580. The lowest BCUT2D eigenvalue weighted by Crippen LogP contribution is -2.42. The van der Waals surface area contributed by atoms with Crippen LogP contribution in [-0.4, -0.2) is 46.2 Å². The van der Waals surface area contributed by atoms with E-state index in [1.807, 2.05) is 11.8 Å². The van der Waals surface area contributed by atoms with Crippen LogP contribution in [0.1, 0.15) is 84.7 Å². The van der Waals surface area contributed by atoms with Crippen LogP contribution in [0.3, 0.4) is 0 Å². The molecule has 44 heavy (non-hydrogen) atoms. The first-order valence-corrected chi connectivity index (χ1v) is 15.5. The minimum atomic E-state index is -4.59. The van der Waals surface area contributed by atoms with Gasteiger partial charge < -0.3 is 26.4 Å². The highest BCUT2D eigenvalue weighted by Crippen LogP contribution is 2.48. The van der Waals surface area contributed by atoms with Crippen molar-refractivity contribution in [3.05, 3.63) is 70.5 Å². The Hall–Kier alpha value is -3.86. The van der Waals surface area contributed by atoms with Crippen molar-refractivity contribution in [3.63, 3.8) is 0 Å². The van der Waals surface area contributed by atoms with E-state index >= 15 is 0 Å². The van der Waals surface area contributed by atoms with Gasteiger partial charge >= 0.3 is 6.18 Å². The maximum atomic E-state index is 14.5. The number of benzene rings is 2. The number of fused-ring (bicyclic) bond motifs is 2. The third kappa shape index (κ3) is 5.94. The van der Waals surface area contributed by atoms with E-state index in [4.69, 9.17) is 5.73 Å². The van der Waals surface area contributed by atoms with Crippen LogP contribution in [0.4, 0.5) is 36.2 Å². The molecule has 3 aromatic rings. The van der Waals surface area contributed by atoms with Crippen LogP contribution in [0.25, 0.3) is 0 Å². The largest absolute Gasteiger partial charge is 0.418 e. The third-order valence-corrected chi connectivity index (χ3v) is 9.66. The number of aromatic nitrogens is 2. The molecule has 234 valence electrons. The van der Waals surface area contributed by atoms with Gasteiger partial charge in [-0.1, -0.05) is 31.2 Å². The average Bonchev–Trinajstić information content (AvgIpc) is 3.36. The van der Waals surface area contributed by atoms with Crippen molar-refractivity contribution in [3.8, 4) is 0 Å². The fourth-order valence-electron chi connectivity index (χ4n) is 7.22. The van der Waals surface area contributed by atoms with Crippen LogP contribution in [0.5, 0.6) is 0 Å². The van der Waals surface area contributed by atoms with Gasteiger partial charge in [-0.05, 0) is 92.5 Å². The van der Waals surface area contributed by atoms with Gasteiger partial charge in [-0.2, -0.15) is 13.2 Å². The van der Waals surface area contributed by atoms with Crippen LogP contribution < -0.4 is 21.3 Å². The molecule has 1 aromatic heterocycles. The van der Waals surface area contributed by atoms with Crippen molar-refractivity contribution < 1.29 is 23.1 Å². The number of hydrogen-bond acceptors (Lipinski definition) is 7. The highest BCUT2D eigenvalue weighted by Gasteiger charge is 2.42. The highest BCUT2D eigenvalue weighted by atomic mass is 19.4. The van der Waals surface area contributed by atoms with E-state index in [1.54, 1.807) is 6.07 Å². The van der Waals surface area contributed by atoms with E-state index in [1.165, 1.54) is 17.2 Å². The maximum absolute atomic E-state index is 14.5. The van der Waals surface area contributed by atoms with Crippen LogP contribution in [0.15, 0.2) is 42.5 Å². The summed E-state index contributed by atoms with van der Waals surface area (Å²) in [5.41, 5.74) is 8.30. The topological polar surface area (TPSA) is 116 Å². The molecule has 1 aliphatic heterocycles. The molecule has 0 bridgehead atoms. The molecule has 2 fully saturated rings. The van der Waals surface area contributed by atoms with Gasteiger partial charge in [0.05, 0.1) is 17.4 Å². The quantitative estimate of drug-likeness (QED) is 0.256. The van der Waals surface area contributed by atoms with E-state index in [-0.39, 0.29) is 40.4 Å². The first-order valence-electron chi connectivity index (χ1n) is 15.5. The molecular formula is C33H39F3N6O2. The smallest absolute Gasteiger partial charge is 0.393 e. The molecule has 0 radical (unpaired) electrons. The summed E-state index contributed by atoms with van der Waals surface area (Å²) in [6, 6.07) is 12.6. The van der Waals surface area contributed by atoms with Gasteiger partial charge in [-0.3, -0.25) is 4.79 Å². The van der Waals surface area contributed by atoms with Gasteiger partial charge in [0, 0.05) is 30.5 Å². The Morgan fingerprint density at radius 3 is 2.45 bits per heavy atom. The molecule has 5 N–H and O–H groups in total. The van der Waals surface area contributed by atoms with E-state index in [0.29, 0.717) is 43.9 Å². The van der Waals surface area contributed by atoms with Crippen molar-refractivity contribution in [2.24, 2.45) is 5.73 Å². The lowest BCUT2D eigenvalue weighted by molar-refractivity contribution is -0.137. The first-order chi connectivity index (χ1) is 21.1. The molecule has 1 amide bonds. The number of nitrogens with one attached hydrogen (secondary N) is 2. The van der Waals surface area contributed by atoms with Gasteiger partial charge in [-0.15, -0.1) is 0 Å². The van der Waals surface area contributed by atoms with E-state index in [0.717, 1.165) is 44.6 Å². The number of amides is 1. The Bertz CT molecular complexity index is 1530. The van der Waals surface area contributed by atoms with Crippen LogP contribution in [0, 0.1) is 0 Å². The number of primary amides is 1. The van der Waals surface area contributed by atoms with Gasteiger partial charge in [0.1, 0.15) is 5.82 Å². The molecule has 6 rings (SSSR count). The summed E-state index contributed by atoms with van der Waals surface area (Å²) in [6.07, 6.45) is 2.02. The molecule has 11 heteroatoms. The number of carbonyl (C=O) groups is 1. The standard InChI is InChI=1S/C33H39F3N6O2/c1-2-26-30(38-21-7-10-23(43)11-8-21)41-31(28(40-26)29(37)44)39-22-9-12-27(25(19-22)33(34,35)36)42-17-15-32(16-18-42)14-13-20-5-3-4-6-24(20)32/h3-6,9,12,19,21,23,43H,2,7-8,10-11,13-18H2,1H3,(H2,37,44)(H2,38,39,41). The minimum Gasteiger partial charge on any atom is -0.393 e. The first kappa shape index (κ1) is 30.2. The van der Waals surface area contributed by atoms with Crippen LogP contribution in [-0.2, 0) is 24.4 Å². The van der Waals surface area contributed by atoms with Gasteiger partial charge in [-0.25, -0.2) is 9.97 Å². The van der Waals surface area contributed by atoms with E-state index in [2.05, 4.69) is 44.9 Å². The lowest BCUT2D eigenvalue weighted by Gasteiger charge is -2.42. The summed E-state index contributed by atoms with van der Waals surface area (Å²) in [5, 5.41) is 16.1. The van der Waals surface area contributed by atoms with Gasteiger partial charge in [0.25, 0.3) is 5.91 Å². The van der Waals surface area contributed by atoms with Crippen molar-refractivity contribution in [2.75, 3.05) is 28.6 Å². The second-order valence-corrected chi connectivity index (χ2v) is 12.4. The Kier molecular flexibility index (Phi) is 8.17. The van der Waals surface area contributed by atoms with Crippen LogP contribution in [0.2, 0.25) is 0 Å². The summed E-state index contributed by atoms with van der Waals surface area (Å²) in [4.78, 5) is 23.2. The van der Waals surface area contributed by atoms with Gasteiger partial charge in [0.2, 0.25) is 0 Å². The Morgan fingerprint density at radius 1 is 1.05 bits per heavy atom. The molecule has 2 aliphatic carbocycles. The van der Waals surface area contributed by atoms with Crippen molar-refractivity contribution in [1.29, 1.82) is 0 Å². The number of aryl methyl sites for hydroxylation is 2. The number of hydrogen-bond donors (Lipinski definition) is 4. The summed E-state index contributed by atoms with van der Waals surface area (Å²) in [7, 11) is 0. The zero-order valence-electron chi connectivity index (χ0n) is 24.9. The number of piperidine rings is 1. The Balaban J connectivity index is 1.26. The second kappa shape index (κ2) is 11.9. The summed E-state index contributed by atoms with van der Waals surface area (Å²) in [5.74, 6) is -0.385. The molecule has 0 unspecified atom stereocenters. The lowest BCUT2D eigenvalue weighted by atomic mass is 9.73. The maximum Gasteiger partial charge on any atom is 0.418 e. The number of nitrogens with two attached hydrogens (primary N) is 1. The number of nitrogens with zero attached hydrogens (tertiary/aromatic N) is 3. The predicted molar refractivity (Wildman–Crippen MR) is 164 cm³/mol. The average molecular weight is 609 g/mol. The van der Waals surface area contributed by atoms with Crippen LogP contribution >= 0.6 is 0 Å². The number of alkyl halides is 3. The fourth-order valence-corrected chi connectivity index (χ4v) is 7.22. The van der Waals surface area contributed by atoms with Crippen molar-refractivity contribution in [2.45, 2.75) is 88.4 Å². The van der Waals surface area contributed by atoms with Crippen molar-refractivity contribution >= 4 is 28.9 Å². The SMILES string of the molecule is CCc1nc(C(N)=O)c(Nc2ccc(N3CCC4(CCc5ccccc54)CC3)c(C(F)(F)F)c2)nc1NC1CCC(O)CC1. The number of carbonyl (C=O) groups excluding carboxylic acids is 1. The molecule has 3 aliphatic rings. The molecule has 2 heterocycles. The van der Waals surface area contributed by atoms with Crippen molar-refractivity contribution in [1.82, 2.24) is 9.97 Å². The fraction of sp³-hybridized carbons (Fsp3) is 0.485. The predicted octanol–water partition coefficient (Wildman–Crippen LogP) is 6.10. The summed E-state index contributed by atoms with van der Waals surface area (Å²) < 4.78 is 43.5. The zero-order chi connectivity index (χ0) is 31.1. The monoisotopic (exact) mass is 608 g/mol. The molecule has 1 saturated carbocycles. The third-order valence-electron chi connectivity index (χ3n) is 9.66. The number of anilines is 4. The molecule has 0 atom stereocenters. The zero-order valence-corrected chi connectivity index (χ0v) is 24.9. The highest BCUT2D eigenvalue weighted by molar-refractivity contribution is 5.96. The summed E-state index contributed by atoms with van der Waals surface area (Å²) in [6.45, 7) is 2.94. The van der Waals surface area contributed by atoms with E-state index in [9.17, 15) is 23.1 Å². The Morgan fingerprint density at radius 2 is 1.77 bits per heavy atom. The summed E-state index contributed by atoms with van der Waals surface area (Å²) >= 11 is 0. The van der Waals surface area contributed by atoms with E-state index < -0.39 is 17.6 Å². The molecule has 1 saturated heterocycles. The Labute approximate surface area is 255 Å². The molecule has 2 aromatic carbocycles.